The fraction of sp³-hybridized carbons (Fsp3) is 0.0769. The van der Waals surface area contributed by atoms with Gasteiger partial charge in [-0.25, -0.2) is 19.4 Å². The van der Waals surface area contributed by atoms with Gasteiger partial charge in [0.15, 0.2) is 11.6 Å². The maximum Gasteiger partial charge on any atom is 0.340 e. The number of hydrogen-bond donors (Lipinski definition) is 0. The lowest BCUT2D eigenvalue weighted by Gasteiger charge is -2.01. The molecule has 0 amide bonds. The molecule has 0 saturated heterocycles. The van der Waals surface area contributed by atoms with Crippen molar-refractivity contribution in [3.63, 3.8) is 0 Å². The van der Waals surface area contributed by atoms with E-state index in [1.165, 1.54) is 24.2 Å². The van der Waals surface area contributed by atoms with E-state index >= 15 is 0 Å². The summed E-state index contributed by atoms with van der Waals surface area (Å²) in [5, 5.41) is 8.53. The highest BCUT2D eigenvalue weighted by Crippen LogP contribution is 2.23. The largest absolute Gasteiger partial charge is 0.465 e. The summed E-state index contributed by atoms with van der Waals surface area (Å²) in [6.07, 6.45) is 4.54. The number of fused-ring (bicyclic) bond motifs is 1. The zero-order valence-electron chi connectivity index (χ0n) is 11.4. The maximum atomic E-state index is 11.8. The fourth-order valence-corrected chi connectivity index (χ4v) is 2.03. The molecular formula is C13H9N7O2. The molecule has 9 heteroatoms. The first-order chi connectivity index (χ1) is 10.7. The highest BCUT2D eigenvalue weighted by Gasteiger charge is 2.15. The third-order valence-corrected chi connectivity index (χ3v) is 2.96. The van der Waals surface area contributed by atoms with Crippen LogP contribution in [0.3, 0.4) is 0 Å². The highest BCUT2D eigenvalue weighted by molar-refractivity contribution is 6.02. The molecule has 22 heavy (non-hydrogen) atoms. The van der Waals surface area contributed by atoms with E-state index in [1.807, 2.05) is 0 Å². The van der Waals surface area contributed by atoms with Gasteiger partial charge in [0.1, 0.15) is 5.52 Å². The molecule has 0 atom stereocenters. The predicted molar refractivity (Wildman–Crippen MR) is 76.8 cm³/mol. The molecule has 0 N–H and O–H groups in total. The zero-order valence-corrected chi connectivity index (χ0v) is 11.4. The number of esters is 1. The predicted octanol–water partition coefficient (Wildman–Crippen LogP) is 2.54. The first-order valence-electron chi connectivity index (χ1n) is 6.18. The molecule has 2 heterocycles. The standard InChI is InChI=1S/C13H9N7O2/c1-22-13(21)9-4-2-3-8-7-20(18-10(8)9)12-11(17-19-14)15-5-6-16-12/h2-7H,1H3. The Balaban J connectivity index is 2.22. The molecule has 0 saturated carbocycles. The Kier molecular flexibility index (Phi) is 3.39. The Labute approximate surface area is 123 Å². The summed E-state index contributed by atoms with van der Waals surface area (Å²) in [6.45, 7) is 0. The summed E-state index contributed by atoms with van der Waals surface area (Å²) in [5.41, 5.74) is 9.38. The van der Waals surface area contributed by atoms with Crippen LogP contribution in [0.15, 0.2) is 41.9 Å². The number of nitrogens with zero attached hydrogens (tertiary/aromatic N) is 7. The van der Waals surface area contributed by atoms with Crippen LogP contribution < -0.4 is 0 Å². The zero-order chi connectivity index (χ0) is 15.5. The van der Waals surface area contributed by atoms with Gasteiger partial charge in [-0.1, -0.05) is 12.1 Å². The first kappa shape index (κ1) is 13.5. The Morgan fingerprint density at radius 3 is 2.95 bits per heavy atom. The van der Waals surface area contributed by atoms with Crippen molar-refractivity contribution in [3.8, 4) is 5.82 Å². The average molecular weight is 295 g/mol. The number of aromatic nitrogens is 4. The van der Waals surface area contributed by atoms with Gasteiger partial charge in [0, 0.05) is 28.9 Å². The topological polar surface area (TPSA) is 119 Å². The van der Waals surface area contributed by atoms with Crippen molar-refractivity contribution in [2.45, 2.75) is 0 Å². The monoisotopic (exact) mass is 295 g/mol. The number of benzene rings is 1. The number of methoxy groups -OCH3 is 1. The van der Waals surface area contributed by atoms with E-state index in [0.29, 0.717) is 11.1 Å². The van der Waals surface area contributed by atoms with Crippen molar-refractivity contribution < 1.29 is 9.53 Å². The summed E-state index contributed by atoms with van der Waals surface area (Å²) in [4.78, 5) is 22.6. The molecular weight excluding hydrogens is 286 g/mol. The van der Waals surface area contributed by atoms with Gasteiger partial charge in [-0.2, -0.15) is 5.10 Å². The number of azide groups is 1. The Bertz CT molecular complexity index is 912. The van der Waals surface area contributed by atoms with E-state index in [4.69, 9.17) is 10.3 Å². The molecule has 3 aromatic rings. The molecule has 0 aliphatic rings. The highest BCUT2D eigenvalue weighted by atomic mass is 16.5. The lowest BCUT2D eigenvalue weighted by atomic mass is 10.1. The molecule has 0 radical (unpaired) electrons. The molecule has 0 bridgehead atoms. The van der Waals surface area contributed by atoms with Crippen LogP contribution in [0.2, 0.25) is 0 Å². The van der Waals surface area contributed by atoms with Gasteiger partial charge < -0.3 is 4.74 Å². The second-order valence-electron chi connectivity index (χ2n) is 4.20. The summed E-state index contributed by atoms with van der Waals surface area (Å²) in [5.74, 6) is -0.116. The lowest BCUT2D eigenvalue weighted by Crippen LogP contribution is -2.03. The molecule has 3 rings (SSSR count). The maximum absolute atomic E-state index is 11.8. The first-order valence-corrected chi connectivity index (χ1v) is 6.18. The Morgan fingerprint density at radius 1 is 1.36 bits per heavy atom. The quantitative estimate of drug-likeness (QED) is 0.318. The fourth-order valence-electron chi connectivity index (χ4n) is 2.03. The average Bonchev–Trinajstić information content (AvgIpc) is 2.98. The van der Waals surface area contributed by atoms with Gasteiger partial charge in [-0.15, -0.1) is 0 Å². The molecule has 1 aromatic carbocycles. The van der Waals surface area contributed by atoms with E-state index in [0.717, 1.165) is 5.39 Å². The van der Waals surface area contributed by atoms with Crippen LogP contribution in [0, 0.1) is 0 Å². The van der Waals surface area contributed by atoms with Gasteiger partial charge in [0.25, 0.3) is 0 Å². The van der Waals surface area contributed by atoms with Crippen LogP contribution in [0.5, 0.6) is 0 Å². The molecule has 2 aromatic heterocycles. The van der Waals surface area contributed by atoms with Crippen LogP contribution in [-0.4, -0.2) is 32.8 Å². The number of carbonyl (C=O) groups is 1. The van der Waals surface area contributed by atoms with E-state index in [-0.39, 0.29) is 11.6 Å². The van der Waals surface area contributed by atoms with E-state index in [2.05, 4.69) is 25.1 Å². The summed E-state index contributed by atoms with van der Waals surface area (Å²) in [6, 6.07) is 5.15. The van der Waals surface area contributed by atoms with Crippen LogP contribution in [-0.2, 0) is 4.74 Å². The number of hydrogen-bond acceptors (Lipinski definition) is 6. The van der Waals surface area contributed by atoms with Crippen molar-refractivity contribution >= 4 is 22.7 Å². The minimum absolute atomic E-state index is 0.0948. The van der Waals surface area contributed by atoms with Crippen molar-refractivity contribution in [1.82, 2.24) is 19.7 Å². The van der Waals surface area contributed by atoms with Crippen LogP contribution >= 0.6 is 0 Å². The molecule has 0 fully saturated rings. The van der Waals surface area contributed by atoms with Crippen molar-refractivity contribution in [2.24, 2.45) is 5.11 Å². The van der Waals surface area contributed by atoms with Gasteiger partial charge >= 0.3 is 5.97 Å². The van der Waals surface area contributed by atoms with Crippen LogP contribution in [0.25, 0.3) is 27.2 Å². The summed E-state index contributed by atoms with van der Waals surface area (Å²) >= 11 is 0. The molecule has 0 aliphatic heterocycles. The lowest BCUT2D eigenvalue weighted by molar-refractivity contribution is 0.0602. The third-order valence-electron chi connectivity index (χ3n) is 2.96. The minimum atomic E-state index is -0.481. The van der Waals surface area contributed by atoms with Gasteiger partial charge in [0.05, 0.1) is 12.7 Å². The summed E-state index contributed by atoms with van der Waals surface area (Å²) < 4.78 is 6.15. The van der Waals surface area contributed by atoms with E-state index in [9.17, 15) is 4.79 Å². The molecule has 0 aliphatic carbocycles. The number of ether oxygens (including phenoxy) is 1. The number of carbonyl (C=O) groups excluding carboxylic acids is 1. The van der Waals surface area contributed by atoms with Crippen molar-refractivity contribution in [2.75, 3.05) is 7.11 Å². The number of rotatable bonds is 3. The summed E-state index contributed by atoms with van der Waals surface area (Å²) in [7, 11) is 1.31. The Hall–Kier alpha value is -3.45. The van der Waals surface area contributed by atoms with Crippen molar-refractivity contribution in [3.05, 3.63) is 52.8 Å². The van der Waals surface area contributed by atoms with Crippen LogP contribution in [0.4, 0.5) is 5.82 Å². The molecule has 0 unspecified atom stereocenters. The van der Waals surface area contributed by atoms with E-state index < -0.39 is 5.97 Å². The Morgan fingerprint density at radius 2 is 2.18 bits per heavy atom. The second-order valence-corrected chi connectivity index (χ2v) is 4.20. The van der Waals surface area contributed by atoms with Crippen molar-refractivity contribution in [1.29, 1.82) is 0 Å². The van der Waals surface area contributed by atoms with Crippen LogP contribution in [0.1, 0.15) is 10.4 Å². The van der Waals surface area contributed by atoms with Gasteiger partial charge in [0.2, 0.25) is 0 Å². The second kappa shape index (κ2) is 5.51. The van der Waals surface area contributed by atoms with Gasteiger partial charge in [-0.3, -0.25) is 0 Å². The minimum Gasteiger partial charge on any atom is -0.465 e. The molecule has 0 spiro atoms. The molecule has 108 valence electrons. The molecule has 9 nitrogen and oxygen atoms in total. The third kappa shape index (κ3) is 2.21. The normalized spacial score (nSPS) is 10.2. The van der Waals surface area contributed by atoms with E-state index in [1.54, 1.807) is 24.4 Å². The van der Waals surface area contributed by atoms with Gasteiger partial charge in [-0.05, 0) is 16.7 Å². The smallest absolute Gasteiger partial charge is 0.340 e. The SMILES string of the molecule is COC(=O)c1cccc2cn(-c3nccnc3N=[N+]=[N-])nc12.